The highest BCUT2D eigenvalue weighted by Crippen LogP contribution is 2.41. The average molecular weight is 293 g/mol. The van der Waals surface area contributed by atoms with Gasteiger partial charge in [-0.3, -0.25) is 4.67 Å². The first-order chi connectivity index (χ1) is 8.15. The van der Waals surface area contributed by atoms with Crippen molar-refractivity contribution in [2.24, 2.45) is 0 Å². The molecule has 0 aromatic rings. The molecule has 0 aromatic carbocycles. The molecule has 0 aliphatic rings. The van der Waals surface area contributed by atoms with Gasteiger partial charge in [-0.15, -0.1) is 0 Å². The molecule has 0 aromatic heterocycles. The van der Waals surface area contributed by atoms with E-state index in [1.165, 1.54) is 0 Å². The fourth-order valence-corrected chi connectivity index (χ4v) is 4.36. The minimum atomic E-state index is -2.02. The lowest BCUT2D eigenvalue weighted by Gasteiger charge is -2.35. The third-order valence-corrected chi connectivity index (χ3v) is 5.47. The normalized spacial score (nSPS) is 15.2. The zero-order valence-corrected chi connectivity index (χ0v) is 14.7. The maximum absolute atomic E-state index is 11.5. The molecule has 0 fully saturated rings. The van der Waals surface area contributed by atoms with Gasteiger partial charge in [-0.05, 0) is 59.9 Å². The summed E-state index contributed by atoms with van der Waals surface area (Å²) in [4.78, 5) is 0. The molecule has 3 nitrogen and oxygen atoms in total. The Labute approximate surface area is 114 Å². The van der Waals surface area contributed by atoms with Gasteiger partial charge < -0.3 is 9.09 Å². The molecule has 0 saturated carbocycles. The Morgan fingerprint density at radius 3 is 2.11 bits per heavy atom. The molecule has 108 valence electrons. The van der Waals surface area contributed by atoms with Crippen LogP contribution in [0.2, 0.25) is 0 Å². The highest BCUT2D eigenvalue weighted by molar-refractivity contribution is 7.65. The molecule has 5 heteroatoms. The van der Waals surface area contributed by atoms with Crippen molar-refractivity contribution in [1.82, 2.24) is 4.67 Å². The van der Waals surface area contributed by atoms with Gasteiger partial charge in [0.05, 0.1) is 6.61 Å². The largest absolute Gasteiger partial charge is 0.343 e. The van der Waals surface area contributed by atoms with E-state index in [1.807, 2.05) is 11.9 Å². The summed E-state index contributed by atoms with van der Waals surface area (Å²) in [5.74, 6) is 1.82. The Hall–Kier alpha value is 0.320. The van der Waals surface area contributed by atoms with Crippen LogP contribution in [0.5, 0.6) is 0 Å². The lowest BCUT2D eigenvalue weighted by Crippen LogP contribution is -2.32. The minimum absolute atomic E-state index is 0.503. The second-order valence-electron chi connectivity index (χ2n) is 5.47. The molecule has 0 N–H and O–H groups in total. The molecule has 1 atom stereocenters. The van der Waals surface area contributed by atoms with Crippen LogP contribution < -0.4 is 0 Å². The van der Waals surface area contributed by atoms with Gasteiger partial charge in [0.1, 0.15) is 15.4 Å². The predicted molar refractivity (Wildman–Crippen MR) is 84.1 cm³/mol. The van der Waals surface area contributed by atoms with Gasteiger partial charge in [-0.2, -0.15) is 0 Å². The van der Waals surface area contributed by atoms with Gasteiger partial charge in [-0.1, -0.05) is 6.08 Å². The van der Waals surface area contributed by atoms with E-state index in [-0.39, 0.29) is 0 Å². The predicted octanol–water partition coefficient (Wildman–Crippen LogP) is 4.59. The number of rotatable bonds is 8. The third-order valence-electron chi connectivity index (χ3n) is 2.41. The number of hydrogen-bond acceptors (Lipinski definition) is 3. The molecule has 0 aliphatic heterocycles. The van der Waals surface area contributed by atoms with Crippen LogP contribution in [-0.4, -0.2) is 43.4 Å². The Bertz CT molecular complexity index is 289. The van der Waals surface area contributed by atoms with E-state index in [0.717, 1.165) is 6.42 Å². The maximum Gasteiger partial charge on any atom is 0.102 e. The average Bonchev–Trinajstić information content (AvgIpc) is 2.13. The van der Waals surface area contributed by atoms with E-state index in [4.69, 9.17) is 4.52 Å². The van der Waals surface area contributed by atoms with Gasteiger partial charge in [0.15, 0.2) is 0 Å². The first-order valence-corrected chi connectivity index (χ1v) is 10.9. The summed E-state index contributed by atoms with van der Waals surface area (Å²) in [6.45, 7) is 15.2. The second kappa shape index (κ2) is 8.48. The van der Waals surface area contributed by atoms with Crippen LogP contribution in [0.15, 0.2) is 11.9 Å². The lowest BCUT2D eigenvalue weighted by atomic mass is 10.3. The van der Waals surface area contributed by atoms with Crippen molar-refractivity contribution in [1.29, 1.82) is 0 Å². The van der Waals surface area contributed by atoms with Gasteiger partial charge in [0.25, 0.3) is 0 Å². The summed E-state index contributed by atoms with van der Waals surface area (Å²) >= 11 is 0. The molecule has 1 unspecified atom stereocenters. The van der Waals surface area contributed by atoms with Crippen molar-refractivity contribution in [3.05, 3.63) is 11.9 Å². The Morgan fingerprint density at radius 1 is 1.22 bits per heavy atom. The van der Waals surface area contributed by atoms with Crippen LogP contribution >= 0.6 is 15.4 Å². The van der Waals surface area contributed by atoms with E-state index in [1.54, 1.807) is 13.3 Å². The molecule has 0 aliphatic carbocycles. The molecule has 0 heterocycles. The van der Waals surface area contributed by atoms with Crippen molar-refractivity contribution in [3.8, 4) is 0 Å². The molecule has 0 spiro atoms. The fourth-order valence-electron chi connectivity index (χ4n) is 1.89. The second-order valence-corrected chi connectivity index (χ2v) is 10.3. The van der Waals surface area contributed by atoms with Gasteiger partial charge >= 0.3 is 0 Å². The van der Waals surface area contributed by atoms with E-state index in [9.17, 15) is 4.57 Å². The van der Waals surface area contributed by atoms with Crippen LogP contribution in [-0.2, 0) is 9.09 Å². The molecule has 0 rings (SSSR count). The maximum atomic E-state index is 11.5. The summed E-state index contributed by atoms with van der Waals surface area (Å²) in [6.07, 6.45) is 2.81. The van der Waals surface area contributed by atoms with E-state index in [2.05, 4.69) is 39.0 Å². The molecule has 0 saturated heterocycles. The first-order valence-electron chi connectivity index (χ1n) is 6.52. The van der Waals surface area contributed by atoms with Gasteiger partial charge in [0.2, 0.25) is 0 Å². The van der Waals surface area contributed by atoms with E-state index in [0.29, 0.717) is 18.7 Å². The fraction of sp³-hybridized carbons (Fsp3) is 0.846. The third kappa shape index (κ3) is 8.43. The molecule has 0 bridgehead atoms. The van der Waals surface area contributed by atoms with Gasteiger partial charge in [0, 0.05) is 12.1 Å². The molecule has 0 radical (unpaired) electrons. The summed E-state index contributed by atoms with van der Waals surface area (Å²) in [7, 11) is -2.56. The summed E-state index contributed by atoms with van der Waals surface area (Å²) < 4.78 is 19.8. The minimum Gasteiger partial charge on any atom is -0.343 e. The highest BCUT2D eigenvalue weighted by Gasteiger charge is 2.20. The molecular formula is C13H29NO2P2. The SMILES string of the molecule is CC(C)N(C(C)C)P(C)OCC/C=C/P(C)(C)=O. The van der Waals surface area contributed by atoms with Crippen molar-refractivity contribution in [3.63, 3.8) is 0 Å². The van der Waals surface area contributed by atoms with Crippen LogP contribution in [0.4, 0.5) is 0 Å². The standard InChI is InChI=1S/C13H29NO2P2/c1-12(2)14(13(3)4)17(5)16-10-8-9-11-18(6,7)15/h9,11-13H,8,10H2,1-7H3/b11-9+. The van der Waals surface area contributed by atoms with Crippen LogP contribution in [0, 0.1) is 0 Å². The zero-order valence-electron chi connectivity index (χ0n) is 12.9. The van der Waals surface area contributed by atoms with Crippen molar-refractivity contribution < 1.29 is 9.09 Å². The van der Waals surface area contributed by atoms with Gasteiger partial charge in [-0.25, -0.2) is 0 Å². The Balaban J connectivity index is 4.06. The van der Waals surface area contributed by atoms with Crippen LogP contribution in [0.25, 0.3) is 0 Å². The summed E-state index contributed by atoms with van der Waals surface area (Å²) in [5.41, 5.74) is 0. The van der Waals surface area contributed by atoms with E-state index >= 15 is 0 Å². The number of hydrogen-bond donors (Lipinski definition) is 0. The molecular weight excluding hydrogens is 264 g/mol. The monoisotopic (exact) mass is 293 g/mol. The Kier molecular flexibility index (Phi) is 8.63. The highest BCUT2D eigenvalue weighted by atomic mass is 31.2. The quantitative estimate of drug-likeness (QED) is 0.484. The van der Waals surface area contributed by atoms with Crippen molar-refractivity contribution in [2.75, 3.05) is 26.6 Å². The topological polar surface area (TPSA) is 29.5 Å². The zero-order chi connectivity index (χ0) is 14.3. The smallest absolute Gasteiger partial charge is 0.102 e. The summed E-state index contributed by atoms with van der Waals surface area (Å²) in [5, 5.41) is 0. The van der Waals surface area contributed by atoms with Crippen LogP contribution in [0.3, 0.4) is 0 Å². The van der Waals surface area contributed by atoms with Crippen LogP contribution in [0.1, 0.15) is 34.1 Å². The Morgan fingerprint density at radius 2 is 1.72 bits per heavy atom. The van der Waals surface area contributed by atoms with Crippen molar-refractivity contribution in [2.45, 2.75) is 46.2 Å². The molecule has 18 heavy (non-hydrogen) atoms. The lowest BCUT2D eigenvalue weighted by molar-refractivity contribution is 0.259. The van der Waals surface area contributed by atoms with Crippen molar-refractivity contribution >= 4 is 15.4 Å². The number of nitrogens with zero attached hydrogens (tertiary/aromatic N) is 1. The van der Waals surface area contributed by atoms with E-state index < -0.39 is 15.4 Å². The first kappa shape index (κ1) is 18.3. The molecule has 0 amide bonds. The summed E-state index contributed by atoms with van der Waals surface area (Å²) in [6, 6.07) is 1.01.